The monoisotopic (exact) mass is 386 g/mol. The highest BCUT2D eigenvalue weighted by atomic mass is 35.5. The van der Waals surface area contributed by atoms with Crippen molar-refractivity contribution in [3.63, 3.8) is 0 Å². The molecule has 1 amide bonds. The lowest BCUT2D eigenvalue weighted by Crippen LogP contribution is -2.31. The Morgan fingerprint density at radius 2 is 2.04 bits per heavy atom. The molecular weight excluding hydrogens is 368 g/mol. The van der Waals surface area contributed by atoms with E-state index in [0.29, 0.717) is 17.2 Å². The summed E-state index contributed by atoms with van der Waals surface area (Å²) in [4.78, 5) is 24.3. The number of halogens is 1. The number of nitrogens with zero attached hydrogens (tertiary/aromatic N) is 2. The van der Waals surface area contributed by atoms with Gasteiger partial charge in [0.25, 0.3) is 5.91 Å². The van der Waals surface area contributed by atoms with Gasteiger partial charge in [0.05, 0.1) is 12.0 Å². The third kappa shape index (κ3) is 4.65. The van der Waals surface area contributed by atoms with Gasteiger partial charge in [-0.15, -0.1) is 0 Å². The van der Waals surface area contributed by atoms with Gasteiger partial charge in [0.1, 0.15) is 11.8 Å². The Hall–Kier alpha value is -2.86. The fraction of sp³-hybridized carbons (Fsp3) is 0.250. The second-order valence-electron chi connectivity index (χ2n) is 6.36. The van der Waals surface area contributed by atoms with E-state index in [4.69, 9.17) is 20.8 Å². The number of allylic oxidation sites excluding steroid dienone is 1. The van der Waals surface area contributed by atoms with Gasteiger partial charge in [-0.3, -0.25) is 4.79 Å². The number of benzene rings is 1. The van der Waals surface area contributed by atoms with Gasteiger partial charge in [0.15, 0.2) is 6.61 Å². The van der Waals surface area contributed by atoms with Gasteiger partial charge in [0, 0.05) is 17.5 Å². The van der Waals surface area contributed by atoms with Crippen molar-refractivity contribution in [1.82, 2.24) is 5.01 Å². The van der Waals surface area contributed by atoms with Crippen molar-refractivity contribution < 1.29 is 18.7 Å². The van der Waals surface area contributed by atoms with E-state index in [1.807, 2.05) is 12.1 Å². The number of ether oxygens (including phenoxy) is 1. The molecule has 0 fully saturated rings. The zero-order valence-electron chi connectivity index (χ0n) is 15.0. The number of esters is 1. The Morgan fingerprint density at radius 1 is 1.30 bits per heavy atom. The molecule has 3 rings (SSSR count). The molecule has 1 unspecified atom stereocenters. The minimum Gasteiger partial charge on any atom is -0.467 e. The van der Waals surface area contributed by atoms with Crippen molar-refractivity contribution >= 4 is 29.2 Å². The van der Waals surface area contributed by atoms with Crippen LogP contribution in [-0.4, -0.2) is 29.2 Å². The summed E-state index contributed by atoms with van der Waals surface area (Å²) in [6.45, 7) is 3.16. The van der Waals surface area contributed by atoms with Gasteiger partial charge in [-0.2, -0.15) is 5.10 Å². The molecule has 1 atom stereocenters. The minimum atomic E-state index is -0.556. The maximum atomic E-state index is 12.6. The van der Waals surface area contributed by atoms with Crippen molar-refractivity contribution in [3.8, 4) is 0 Å². The second-order valence-corrected chi connectivity index (χ2v) is 6.79. The molecule has 1 aromatic heterocycles. The van der Waals surface area contributed by atoms with Crippen molar-refractivity contribution in [2.75, 3.05) is 6.61 Å². The summed E-state index contributed by atoms with van der Waals surface area (Å²) in [6.07, 6.45) is 3.37. The topological polar surface area (TPSA) is 72.1 Å². The van der Waals surface area contributed by atoms with Crippen LogP contribution in [0.1, 0.15) is 37.6 Å². The lowest BCUT2D eigenvalue weighted by molar-refractivity contribution is -0.149. The number of hydrazone groups is 1. The molecule has 0 radical (unpaired) electrons. The molecule has 1 aliphatic rings. The van der Waals surface area contributed by atoms with Crippen molar-refractivity contribution in [2.45, 2.75) is 26.3 Å². The highest BCUT2D eigenvalue weighted by Crippen LogP contribution is 2.33. The normalized spacial score (nSPS) is 16.0. The lowest BCUT2D eigenvalue weighted by Gasteiger charge is -2.19. The molecule has 0 spiro atoms. The quantitative estimate of drug-likeness (QED) is 0.572. The first-order valence-corrected chi connectivity index (χ1v) is 8.82. The first-order valence-electron chi connectivity index (χ1n) is 8.44. The molecule has 140 valence electrons. The van der Waals surface area contributed by atoms with E-state index in [9.17, 15) is 9.59 Å². The zero-order chi connectivity index (χ0) is 19.4. The SMILES string of the molecule is CC(C)=CC(=O)OCC(=O)N1N=C(c2ccc(Cl)cc2)CC1c1ccco1. The van der Waals surface area contributed by atoms with Crippen molar-refractivity contribution in [1.29, 1.82) is 0 Å². The molecule has 2 heterocycles. The van der Waals surface area contributed by atoms with Crippen LogP contribution in [0.25, 0.3) is 0 Å². The summed E-state index contributed by atoms with van der Waals surface area (Å²) in [7, 11) is 0. The average Bonchev–Trinajstić information content (AvgIpc) is 3.29. The highest BCUT2D eigenvalue weighted by molar-refractivity contribution is 6.30. The molecule has 0 N–H and O–H groups in total. The highest BCUT2D eigenvalue weighted by Gasteiger charge is 2.35. The summed E-state index contributed by atoms with van der Waals surface area (Å²) in [5.74, 6) is -0.360. The van der Waals surface area contributed by atoms with Crippen molar-refractivity contribution in [2.24, 2.45) is 5.10 Å². The van der Waals surface area contributed by atoms with Crippen LogP contribution in [0.4, 0.5) is 0 Å². The fourth-order valence-electron chi connectivity index (χ4n) is 2.74. The number of amides is 1. The summed E-state index contributed by atoms with van der Waals surface area (Å²) in [5.41, 5.74) is 2.40. The lowest BCUT2D eigenvalue weighted by atomic mass is 10.0. The van der Waals surface area contributed by atoms with Crippen LogP contribution >= 0.6 is 11.6 Å². The van der Waals surface area contributed by atoms with E-state index >= 15 is 0 Å². The Labute approximate surface area is 162 Å². The average molecular weight is 387 g/mol. The molecule has 0 saturated carbocycles. The summed E-state index contributed by atoms with van der Waals surface area (Å²) in [5, 5.41) is 6.40. The summed E-state index contributed by atoms with van der Waals surface area (Å²) < 4.78 is 10.5. The van der Waals surface area contributed by atoms with Gasteiger partial charge >= 0.3 is 5.97 Å². The third-order valence-electron chi connectivity index (χ3n) is 3.96. The maximum Gasteiger partial charge on any atom is 0.331 e. The van der Waals surface area contributed by atoms with Crippen LogP contribution in [0.2, 0.25) is 5.02 Å². The van der Waals surface area contributed by atoms with Gasteiger partial charge in [-0.1, -0.05) is 29.3 Å². The number of rotatable bonds is 5. The number of carbonyl (C=O) groups excluding carboxylic acids is 2. The summed E-state index contributed by atoms with van der Waals surface area (Å²) in [6, 6.07) is 10.4. The predicted octanol–water partition coefficient (Wildman–Crippen LogP) is 4.12. The van der Waals surface area contributed by atoms with E-state index in [2.05, 4.69) is 5.10 Å². The number of furan rings is 1. The second kappa shape index (κ2) is 8.22. The van der Waals surface area contributed by atoms with Crippen LogP contribution in [0.3, 0.4) is 0 Å². The van der Waals surface area contributed by atoms with Crippen LogP contribution in [0.15, 0.2) is 63.8 Å². The van der Waals surface area contributed by atoms with Crippen LogP contribution < -0.4 is 0 Å². The molecule has 1 aromatic carbocycles. The number of hydrogen-bond acceptors (Lipinski definition) is 5. The zero-order valence-corrected chi connectivity index (χ0v) is 15.8. The molecule has 27 heavy (non-hydrogen) atoms. The van der Waals surface area contributed by atoms with Gasteiger partial charge in [-0.05, 0) is 43.7 Å². The van der Waals surface area contributed by atoms with Crippen LogP contribution in [0.5, 0.6) is 0 Å². The van der Waals surface area contributed by atoms with E-state index < -0.39 is 18.5 Å². The van der Waals surface area contributed by atoms with Crippen molar-refractivity contribution in [3.05, 3.63) is 70.7 Å². The maximum absolute atomic E-state index is 12.6. The Bertz CT molecular complexity index is 881. The summed E-state index contributed by atoms with van der Waals surface area (Å²) >= 11 is 5.94. The Balaban J connectivity index is 1.79. The van der Waals surface area contributed by atoms with E-state index in [-0.39, 0.29) is 6.04 Å². The van der Waals surface area contributed by atoms with Gasteiger partial charge in [0.2, 0.25) is 0 Å². The smallest absolute Gasteiger partial charge is 0.331 e. The fourth-order valence-corrected chi connectivity index (χ4v) is 2.86. The largest absolute Gasteiger partial charge is 0.467 e. The molecular formula is C20H19ClN2O4. The standard InChI is InChI=1S/C20H19ClN2O4/c1-13(2)10-20(25)27-12-19(24)23-17(18-4-3-9-26-18)11-16(22-23)14-5-7-15(21)8-6-14/h3-10,17H,11-12H2,1-2H3. The molecule has 0 aliphatic carbocycles. The third-order valence-corrected chi connectivity index (χ3v) is 4.21. The first-order chi connectivity index (χ1) is 12.9. The Kier molecular flexibility index (Phi) is 5.76. The Morgan fingerprint density at radius 3 is 2.67 bits per heavy atom. The first kappa shape index (κ1) is 18.9. The predicted molar refractivity (Wildman–Crippen MR) is 101 cm³/mol. The number of carbonyl (C=O) groups is 2. The van der Waals surface area contributed by atoms with Crippen LogP contribution in [-0.2, 0) is 14.3 Å². The van der Waals surface area contributed by atoms with E-state index in [0.717, 1.165) is 16.8 Å². The molecule has 6 nitrogen and oxygen atoms in total. The van der Waals surface area contributed by atoms with Gasteiger partial charge < -0.3 is 9.15 Å². The molecule has 0 saturated heterocycles. The minimum absolute atomic E-state index is 0.389. The molecule has 2 aromatic rings. The molecule has 0 bridgehead atoms. The van der Waals surface area contributed by atoms with E-state index in [1.54, 1.807) is 44.4 Å². The molecule has 7 heteroatoms. The number of hydrogen-bond donors (Lipinski definition) is 0. The van der Waals surface area contributed by atoms with Gasteiger partial charge in [-0.25, -0.2) is 9.80 Å². The van der Waals surface area contributed by atoms with E-state index in [1.165, 1.54) is 11.1 Å². The van der Waals surface area contributed by atoms with Crippen LogP contribution in [0, 0.1) is 0 Å². The molecule has 1 aliphatic heterocycles.